The van der Waals surface area contributed by atoms with Crippen LogP contribution in [-0.2, 0) is 9.53 Å². The number of primary amides is 1. The third-order valence-electron chi connectivity index (χ3n) is 7.10. The fourth-order valence-electron chi connectivity index (χ4n) is 5.32. The minimum Gasteiger partial charge on any atom is -0.378 e. The smallest absolute Gasteiger partial charge is 0.318 e. The number of guanidine groups is 1. The van der Waals surface area contributed by atoms with E-state index in [0.29, 0.717) is 51.6 Å². The summed E-state index contributed by atoms with van der Waals surface area (Å²) in [5.74, 6) is 0.669. The number of aliphatic imine (C=N–C) groups is 1. The highest BCUT2D eigenvalue weighted by Crippen LogP contribution is 2.29. The highest BCUT2D eigenvalue weighted by molar-refractivity contribution is 5.97. The molecule has 1 saturated carbocycles. The predicted octanol–water partition coefficient (Wildman–Crippen LogP) is 1.81. The Kier molecular flexibility index (Phi) is 9.36. The van der Waals surface area contributed by atoms with Crippen LogP contribution in [0.25, 0.3) is 0 Å². The molecule has 2 unspecified atom stereocenters. The molecule has 4 N–H and O–H groups in total. The summed E-state index contributed by atoms with van der Waals surface area (Å²) in [5.41, 5.74) is 4.29. The van der Waals surface area contributed by atoms with Gasteiger partial charge in [-0.15, -0.1) is 0 Å². The second-order valence-electron chi connectivity index (χ2n) is 11.5. The van der Waals surface area contributed by atoms with Crippen LogP contribution < -0.4 is 16.4 Å². The highest BCUT2D eigenvalue weighted by Gasteiger charge is 2.42. The van der Waals surface area contributed by atoms with Gasteiger partial charge in [0.05, 0.1) is 19.3 Å². The number of amides is 3. The molecular formula is C25H43N7O3. The van der Waals surface area contributed by atoms with Crippen molar-refractivity contribution in [2.45, 2.75) is 77.3 Å². The van der Waals surface area contributed by atoms with Crippen molar-refractivity contribution in [1.29, 1.82) is 5.26 Å². The van der Waals surface area contributed by atoms with Gasteiger partial charge >= 0.3 is 6.03 Å². The van der Waals surface area contributed by atoms with Crippen LogP contribution >= 0.6 is 0 Å². The van der Waals surface area contributed by atoms with Gasteiger partial charge in [0, 0.05) is 32.7 Å². The Morgan fingerprint density at radius 1 is 1.20 bits per heavy atom. The lowest BCUT2D eigenvalue weighted by atomic mass is 9.87. The molecule has 0 bridgehead atoms. The Labute approximate surface area is 209 Å². The first-order valence-electron chi connectivity index (χ1n) is 13.0. The van der Waals surface area contributed by atoms with Gasteiger partial charge in [-0.3, -0.25) is 15.0 Å². The molecule has 3 rings (SSSR count). The number of hydrogen-bond donors (Lipinski definition) is 3. The number of rotatable bonds is 6. The topological polar surface area (TPSA) is 136 Å². The number of morpholine rings is 1. The van der Waals surface area contributed by atoms with Crippen LogP contribution in [0.15, 0.2) is 4.99 Å². The maximum atomic E-state index is 13.6. The first-order chi connectivity index (χ1) is 16.6. The van der Waals surface area contributed by atoms with E-state index in [4.69, 9.17) is 10.5 Å². The Bertz CT molecular complexity index is 807. The normalized spacial score (nSPS) is 25.7. The second-order valence-corrected chi connectivity index (χ2v) is 11.5. The second kappa shape index (κ2) is 12.0. The molecule has 0 radical (unpaired) electrons. The van der Waals surface area contributed by atoms with E-state index in [9.17, 15) is 14.9 Å². The van der Waals surface area contributed by atoms with Crippen molar-refractivity contribution in [1.82, 2.24) is 20.4 Å². The third kappa shape index (κ3) is 8.36. The molecule has 35 heavy (non-hydrogen) atoms. The minimum atomic E-state index is -0.923. The van der Waals surface area contributed by atoms with Crippen LogP contribution in [0.3, 0.4) is 0 Å². The summed E-state index contributed by atoms with van der Waals surface area (Å²) < 4.78 is 5.41. The van der Waals surface area contributed by atoms with Gasteiger partial charge in [-0.05, 0) is 37.0 Å². The van der Waals surface area contributed by atoms with Gasteiger partial charge in [0.1, 0.15) is 11.6 Å². The number of nitrogens with two attached hydrogens (primary N) is 1. The maximum Gasteiger partial charge on any atom is 0.318 e. The molecule has 2 atom stereocenters. The monoisotopic (exact) mass is 489 g/mol. The average Bonchev–Trinajstić information content (AvgIpc) is 3.21. The number of ether oxygens (including phenoxy) is 1. The van der Waals surface area contributed by atoms with Gasteiger partial charge in [-0.25, -0.2) is 9.79 Å². The molecule has 3 aliphatic rings. The Morgan fingerprint density at radius 2 is 1.89 bits per heavy atom. The SMILES string of the molecule is CC(C)(C)CC(N=C(NC(N)=O)N1CCOCC1)C(=O)NC1(C#N)CCN(CC2CCCCC2)C1. The molecule has 10 heteroatoms. The number of nitrogens with one attached hydrogen (secondary N) is 2. The number of hydrogen-bond acceptors (Lipinski definition) is 6. The van der Waals surface area contributed by atoms with Crippen molar-refractivity contribution in [2.75, 3.05) is 45.9 Å². The van der Waals surface area contributed by atoms with E-state index < -0.39 is 17.6 Å². The minimum absolute atomic E-state index is 0.198. The van der Waals surface area contributed by atoms with Crippen molar-refractivity contribution >= 4 is 17.9 Å². The number of carbonyl (C=O) groups is 2. The van der Waals surface area contributed by atoms with Crippen LogP contribution in [0, 0.1) is 22.7 Å². The van der Waals surface area contributed by atoms with Crippen molar-refractivity contribution in [2.24, 2.45) is 22.1 Å². The quantitative estimate of drug-likeness (QED) is 0.385. The molecule has 196 valence electrons. The van der Waals surface area contributed by atoms with Gasteiger partial charge in [0.25, 0.3) is 0 Å². The molecule has 0 spiro atoms. The lowest BCUT2D eigenvalue weighted by Gasteiger charge is -2.32. The van der Waals surface area contributed by atoms with E-state index in [0.717, 1.165) is 13.1 Å². The van der Waals surface area contributed by atoms with Gasteiger partial charge in [0.15, 0.2) is 0 Å². The highest BCUT2D eigenvalue weighted by atomic mass is 16.5. The summed E-state index contributed by atoms with van der Waals surface area (Å²) in [4.78, 5) is 34.1. The molecular weight excluding hydrogens is 446 g/mol. The predicted molar refractivity (Wildman–Crippen MR) is 135 cm³/mol. The van der Waals surface area contributed by atoms with Crippen LogP contribution in [0.1, 0.15) is 65.7 Å². The van der Waals surface area contributed by atoms with E-state index in [1.165, 1.54) is 32.1 Å². The molecule has 10 nitrogen and oxygen atoms in total. The number of urea groups is 1. The average molecular weight is 490 g/mol. The zero-order chi connectivity index (χ0) is 25.5. The van der Waals surface area contributed by atoms with Crippen LogP contribution in [0.2, 0.25) is 0 Å². The lowest BCUT2D eigenvalue weighted by Crippen LogP contribution is -2.54. The van der Waals surface area contributed by atoms with Crippen LogP contribution in [0.5, 0.6) is 0 Å². The van der Waals surface area contributed by atoms with Crippen molar-refractivity contribution in [3.05, 3.63) is 0 Å². The lowest BCUT2D eigenvalue weighted by molar-refractivity contribution is -0.124. The molecule has 2 saturated heterocycles. The fourth-order valence-corrected chi connectivity index (χ4v) is 5.32. The van der Waals surface area contributed by atoms with Gasteiger partial charge in [0.2, 0.25) is 11.9 Å². The summed E-state index contributed by atoms with van der Waals surface area (Å²) in [6, 6.07) is 0.908. The zero-order valence-electron chi connectivity index (χ0n) is 21.6. The standard InChI is InChI=1S/C25H43N7O3/c1-24(2,3)15-20(28-23(29-22(27)34)32-11-13-35-14-12-32)21(33)30-25(17-26)9-10-31(18-25)16-19-7-5-4-6-8-19/h19-20H,4-16,18H2,1-3H3,(H,30,33)(H3,27,28,29,34). The number of carbonyl (C=O) groups excluding carboxylic acids is 2. The molecule has 0 aromatic carbocycles. The molecule has 0 aromatic heterocycles. The van der Waals surface area contributed by atoms with Crippen LogP contribution in [0.4, 0.5) is 4.79 Å². The van der Waals surface area contributed by atoms with Gasteiger partial charge in [-0.1, -0.05) is 40.0 Å². The van der Waals surface area contributed by atoms with Crippen molar-refractivity contribution < 1.29 is 14.3 Å². The maximum absolute atomic E-state index is 13.6. The molecule has 0 aromatic rings. The first-order valence-corrected chi connectivity index (χ1v) is 13.0. The van der Waals surface area contributed by atoms with E-state index in [2.05, 4.69) is 26.6 Å². The van der Waals surface area contributed by atoms with E-state index in [-0.39, 0.29) is 17.3 Å². The molecule has 3 amide bonds. The number of likely N-dealkylation sites (tertiary alicyclic amines) is 1. The Balaban J connectivity index is 1.74. The van der Waals surface area contributed by atoms with E-state index in [1.807, 2.05) is 25.7 Å². The molecule has 2 aliphatic heterocycles. The first kappa shape index (κ1) is 27.2. The largest absolute Gasteiger partial charge is 0.378 e. The molecule has 2 heterocycles. The van der Waals surface area contributed by atoms with Gasteiger partial charge < -0.3 is 20.7 Å². The number of nitrogens with zero attached hydrogens (tertiary/aromatic N) is 4. The zero-order valence-corrected chi connectivity index (χ0v) is 21.6. The summed E-state index contributed by atoms with van der Waals surface area (Å²) >= 11 is 0. The molecule has 1 aliphatic carbocycles. The van der Waals surface area contributed by atoms with E-state index >= 15 is 0 Å². The third-order valence-corrected chi connectivity index (χ3v) is 7.10. The molecule has 3 fully saturated rings. The van der Waals surface area contributed by atoms with E-state index in [1.54, 1.807) is 0 Å². The summed E-state index contributed by atoms with van der Waals surface area (Å²) in [6.07, 6.45) is 7.46. The van der Waals surface area contributed by atoms with Crippen molar-refractivity contribution in [3.8, 4) is 6.07 Å². The Morgan fingerprint density at radius 3 is 2.49 bits per heavy atom. The Hall–Kier alpha value is -2.38. The number of nitriles is 1. The summed E-state index contributed by atoms with van der Waals surface area (Å²) in [6.45, 7) is 10.6. The fraction of sp³-hybridized carbons (Fsp3) is 0.840. The summed E-state index contributed by atoms with van der Waals surface area (Å²) in [5, 5.41) is 15.7. The van der Waals surface area contributed by atoms with Crippen LogP contribution in [-0.4, -0.2) is 85.2 Å². The summed E-state index contributed by atoms with van der Waals surface area (Å²) in [7, 11) is 0. The van der Waals surface area contributed by atoms with Crippen molar-refractivity contribution in [3.63, 3.8) is 0 Å². The van der Waals surface area contributed by atoms with Gasteiger partial charge in [-0.2, -0.15) is 5.26 Å².